The van der Waals surface area contributed by atoms with Gasteiger partial charge in [0.05, 0.1) is 13.2 Å². The molecule has 1 N–H and O–H groups in total. The predicted molar refractivity (Wildman–Crippen MR) is 138 cm³/mol. The lowest BCUT2D eigenvalue weighted by atomic mass is 9.87. The molecule has 0 aliphatic rings. The molecule has 0 radical (unpaired) electrons. The lowest BCUT2D eigenvalue weighted by Gasteiger charge is -2.23. The summed E-state index contributed by atoms with van der Waals surface area (Å²) in [5, 5.41) is 2.76. The van der Waals surface area contributed by atoms with E-state index in [0.717, 1.165) is 42.6 Å². The van der Waals surface area contributed by atoms with Crippen LogP contribution in [0.25, 0.3) is 0 Å². The number of benzene rings is 2. The lowest BCUT2D eigenvalue weighted by Crippen LogP contribution is -2.39. The molecule has 6 nitrogen and oxygen atoms in total. The molecule has 0 atom stereocenters. The number of unbranched alkanes of at least 4 members (excludes halogenated alkanes) is 2. The van der Waals surface area contributed by atoms with Crippen molar-refractivity contribution in [1.29, 1.82) is 0 Å². The zero-order valence-corrected chi connectivity index (χ0v) is 21.7. The lowest BCUT2D eigenvalue weighted by molar-refractivity contribution is -0.134. The van der Waals surface area contributed by atoms with Crippen LogP contribution in [0.3, 0.4) is 0 Å². The Bertz CT molecular complexity index is 995. The Balaban J connectivity index is 1.75. The normalized spacial score (nSPS) is 11.1. The van der Waals surface area contributed by atoms with Gasteiger partial charge in [-0.05, 0) is 74.6 Å². The second kappa shape index (κ2) is 13.7. The van der Waals surface area contributed by atoms with Crippen LogP contribution in [-0.4, -0.2) is 30.8 Å². The molecule has 0 heterocycles. The molecule has 2 rings (SSSR count). The van der Waals surface area contributed by atoms with Crippen molar-refractivity contribution in [3.05, 3.63) is 59.2 Å². The molecular weight excluding hydrogens is 442 g/mol. The molecule has 35 heavy (non-hydrogen) atoms. The van der Waals surface area contributed by atoms with E-state index in [4.69, 9.17) is 9.47 Å². The molecule has 0 bridgehead atoms. The van der Waals surface area contributed by atoms with Crippen LogP contribution in [-0.2, 0) is 9.59 Å². The van der Waals surface area contributed by atoms with E-state index >= 15 is 0 Å². The van der Waals surface area contributed by atoms with Gasteiger partial charge in [-0.1, -0.05) is 45.7 Å². The smallest absolute Gasteiger partial charge is 0.311 e. The Hall–Kier alpha value is -3.15. The van der Waals surface area contributed by atoms with Crippen LogP contribution < -0.4 is 14.8 Å². The summed E-state index contributed by atoms with van der Waals surface area (Å²) in [7, 11) is 0. The molecule has 0 fully saturated rings. The van der Waals surface area contributed by atoms with Crippen LogP contribution in [0.15, 0.2) is 42.5 Å². The molecule has 0 aromatic heterocycles. The van der Waals surface area contributed by atoms with E-state index in [1.807, 2.05) is 39.8 Å². The molecule has 0 saturated carbocycles. The van der Waals surface area contributed by atoms with E-state index < -0.39 is 5.41 Å². The monoisotopic (exact) mass is 481 g/mol. The molecule has 190 valence electrons. The maximum absolute atomic E-state index is 12.7. The summed E-state index contributed by atoms with van der Waals surface area (Å²) >= 11 is 0. The highest BCUT2D eigenvalue weighted by Gasteiger charge is 2.27. The topological polar surface area (TPSA) is 81.7 Å². The third-order valence-corrected chi connectivity index (χ3v) is 5.96. The van der Waals surface area contributed by atoms with Crippen LogP contribution in [0.4, 0.5) is 0 Å². The Kier molecular flexibility index (Phi) is 11.0. The van der Waals surface area contributed by atoms with Crippen molar-refractivity contribution < 1.29 is 23.9 Å². The van der Waals surface area contributed by atoms with Crippen molar-refractivity contribution in [3.8, 4) is 11.5 Å². The summed E-state index contributed by atoms with van der Waals surface area (Å²) in [6, 6.07) is 12.5. The van der Waals surface area contributed by atoms with Crippen LogP contribution in [0, 0.1) is 19.3 Å². The standard InChI is InChI=1S/C29H39NO5/c1-6-7-8-10-27(32)35-24-15-13-23(14-16-24)25(31)20-30-28(33)29(4,5)17-9-18-34-26-19-21(2)11-12-22(26)3/h11-16,19H,6-10,17-18,20H2,1-5H3,(H,30,33). The van der Waals surface area contributed by atoms with Gasteiger partial charge in [-0.2, -0.15) is 0 Å². The SMILES string of the molecule is CCCCCC(=O)Oc1ccc(C(=O)CNC(=O)C(C)(C)CCCOc2cc(C)ccc2C)cc1. The van der Waals surface area contributed by atoms with Crippen molar-refractivity contribution in [2.24, 2.45) is 5.41 Å². The highest BCUT2D eigenvalue weighted by molar-refractivity contribution is 5.99. The minimum atomic E-state index is -0.624. The Labute approximate surface area is 209 Å². The Morgan fingerprint density at radius 2 is 1.66 bits per heavy atom. The fourth-order valence-corrected chi connectivity index (χ4v) is 3.59. The molecule has 0 aliphatic heterocycles. The van der Waals surface area contributed by atoms with E-state index in [9.17, 15) is 14.4 Å². The van der Waals surface area contributed by atoms with Gasteiger partial charge in [0.15, 0.2) is 5.78 Å². The number of carbonyl (C=O) groups is 3. The molecule has 6 heteroatoms. The molecule has 2 aromatic rings. The first-order valence-electron chi connectivity index (χ1n) is 12.4. The van der Waals surface area contributed by atoms with E-state index in [0.29, 0.717) is 30.8 Å². The largest absolute Gasteiger partial charge is 0.493 e. The van der Waals surface area contributed by atoms with Gasteiger partial charge in [-0.3, -0.25) is 14.4 Å². The third-order valence-electron chi connectivity index (χ3n) is 5.96. The van der Waals surface area contributed by atoms with Gasteiger partial charge in [0, 0.05) is 17.4 Å². The number of esters is 1. The predicted octanol–water partition coefficient (Wildman–Crippen LogP) is 5.97. The van der Waals surface area contributed by atoms with Gasteiger partial charge >= 0.3 is 5.97 Å². The van der Waals surface area contributed by atoms with Crippen molar-refractivity contribution in [2.45, 2.75) is 73.1 Å². The number of rotatable bonds is 14. The summed E-state index contributed by atoms with van der Waals surface area (Å²) in [4.78, 5) is 37.0. The zero-order chi connectivity index (χ0) is 25.8. The number of amides is 1. The number of ether oxygens (including phenoxy) is 2. The number of hydrogen-bond donors (Lipinski definition) is 1. The Morgan fingerprint density at radius 1 is 0.943 bits per heavy atom. The number of aryl methyl sites for hydroxylation is 2. The molecular formula is C29H39NO5. The van der Waals surface area contributed by atoms with Gasteiger partial charge in [-0.25, -0.2) is 0 Å². The second-order valence-corrected chi connectivity index (χ2v) is 9.67. The fourth-order valence-electron chi connectivity index (χ4n) is 3.59. The first kappa shape index (κ1) is 28.1. The van der Waals surface area contributed by atoms with Crippen LogP contribution in [0.5, 0.6) is 11.5 Å². The quantitative estimate of drug-likeness (QED) is 0.155. The van der Waals surface area contributed by atoms with Crippen LogP contribution in [0.2, 0.25) is 0 Å². The van der Waals surface area contributed by atoms with Gasteiger partial charge in [0.2, 0.25) is 5.91 Å². The maximum Gasteiger partial charge on any atom is 0.311 e. The minimum absolute atomic E-state index is 0.0859. The summed E-state index contributed by atoms with van der Waals surface area (Å²) < 4.78 is 11.2. The maximum atomic E-state index is 12.7. The van der Waals surface area contributed by atoms with Crippen molar-refractivity contribution in [1.82, 2.24) is 5.32 Å². The summed E-state index contributed by atoms with van der Waals surface area (Å²) in [6.07, 6.45) is 4.58. The molecule has 0 aliphatic carbocycles. The van der Waals surface area contributed by atoms with Gasteiger partial charge in [0.1, 0.15) is 11.5 Å². The van der Waals surface area contributed by atoms with Crippen LogP contribution in [0.1, 0.15) is 80.8 Å². The average molecular weight is 482 g/mol. The first-order valence-corrected chi connectivity index (χ1v) is 12.4. The molecule has 1 amide bonds. The zero-order valence-electron chi connectivity index (χ0n) is 21.7. The average Bonchev–Trinajstić information content (AvgIpc) is 2.82. The van der Waals surface area contributed by atoms with E-state index in [2.05, 4.69) is 18.3 Å². The van der Waals surface area contributed by atoms with E-state index in [1.165, 1.54) is 0 Å². The molecule has 0 spiro atoms. The number of hydrogen-bond acceptors (Lipinski definition) is 5. The fraction of sp³-hybridized carbons (Fsp3) is 0.483. The summed E-state index contributed by atoms with van der Waals surface area (Å²) in [5.74, 6) is 0.640. The minimum Gasteiger partial charge on any atom is -0.493 e. The van der Waals surface area contributed by atoms with Gasteiger partial charge < -0.3 is 14.8 Å². The van der Waals surface area contributed by atoms with E-state index in [-0.39, 0.29) is 24.2 Å². The first-order chi connectivity index (χ1) is 16.6. The van der Waals surface area contributed by atoms with Crippen molar-refractivity contribution in [2.75, 3.05) is 13.2 Å². The number of Topliss-reactive ketones (excluding diaryl/α,β-unsaturated/α-hetero) is 1. The number of nitrogens with one attached hydrogen (secondary N) is 1. The van der Waals surface area contributed by atoms with E-state index in [1.54, 1.807) is 24.3 Å². The van der Waals surface area contributed by atoms with Crippen molar-refractivity contribution in [3.63, 3.8) is 0 Å². The molecule has 2 aromatic carbocycles. The van der Waals surface area contributed by atoms with Gasteiger partial charge in [0.25, 0.3) is 0 Å². The highest BCUT2D eigenvalue weighted by Crippen LogP contribution is 2.24. The Morgan fingerprint density at radius 3 is 2.34 bits per heavy atom. The molecule has 0 saturated heterocycles. The highest BCUT2D eigenvalue weighted by atomic mass is 16.5. The van der Waals surface area contributed by atoms with Gasteiger partial charge in [-0.15, -0.1) is 0 Å². The third kappa shape index (κ3) is 9.55. The number of carbonyl (C=O) groups excluding carboxylic acids is 3. The van der Waals surface area contributed by atoms with Crippen LogP contribution >= 0.6 is 0 Å². The molecule has 0 unspecified atom stereocenters. The number of ketones is 1. The summed E-state index contributed by atoms with van der Waals surface area (Å²) in [6.45, 7) is 10.3. The van der Waals surface area contributed by atoms with Crippen molar-refractivity contribution >= 4 is 17.7 Å². The summed E-state index contributed by atoms with van der Waals surface area (Å²) in [5.41, 5.74) is 2.06. The second-order valence-electron chi connectivity index (χ2n) is 9.67.